The Morgan fingerprint density at radius 1 is 1.16 bits per heavy atom. The van der Waals surface area contributed by atoms with Crippen LogP contribution in [0.25, 0.3) is 0 Å². The smallest absolute Gasteiger partial charge is 0.253 e. The topological polar surface area (TPSA) is 20.3 Å². The van der Waals surface area contributed by atoms with Gasteiger partial charge in [0.15, 0.2) is 0 Å². The fraction of sp³-hybridized carbons (Fsp3) is 0.133. The maximum absolute atomic E-state index is 12.2. The Balaban J connectivity index is 2.12. The Morgan fingerprint density at radius 2 is 1.79 bits per heavy atom. The van der Waals surface area contributed by atoms with Crippen LogP contribution in [0.1, 0.15) is 15.9 Å². The number of nitrogens with zero attached hydrogens (tertiary/aromatic N) is 1. The van der Waals surface area contributed by atoms with Crippen LogP contribution in [0.2, 0.25) is 5.02 Å². The standard InChI is InChI=1S/C15H13BrClNO/c1-18(10-12-4-2-3-5-14(12)17)15(19)11-6-8-13(16)9-7-11/h2-9H,10H2,1H3. The Morgan fingerprint density at radius 3 is 2.42 bits per heavy atom. The van der Waals surface area contributed by atoms with E-state index in [-0.39, 0.29) is 5.91 Å². The minimum atomic E-state index is -0.0209. The van der Waals surface area contributed by atoms with E-state index in [1.165, 1.54) is 0 Å². The van der Waals surface area contributed by atoms with E-state index in [0.717, 1.165) is 10.0 Å². The van der Waals surface area contributed by atoms with Crippen molar-refractivity contribution in [3.8, 4) is 0 Å². The van der Waals surface area contributed by atoms with E-state index in [4.69, 9.17) is 11.6 Å². The number of hydrogen-bond donors (Lipinski definition) is 0. The molecular weight excluding hydrogens is 326 g/mol. The summed E-state index contributed by atoms with van der Waals surface area (Å²) < 4.78 is 0.956. The normalized spacial score (nSPS) is 10.3. The molecule has 0 atom stereocenters. The molecule has 0 aliphatic carbocycles. The summed E-state index contributed by atoms with van der Waals surface area (Å²) in [5.74, 6) is -0.0209. The summed E-state index contributed by atoms with van der Waals surface area (Å²) >= 11 is 9.45. The van der Waals surface area contributed by atoms with Crippen molar-refractivity contribution in [1.82, 2.24) is 4.90 Å². The second-order valence-corrected chi connectivity index (χ2v) is 5.58. The van der Waals surface area contributed by atoms with E-state index in [1.54, 1.807) is 24.1 Å². The molecule has 2 nitrogen and oxygen atoms in total. The maximum atomic E-state index is 12.2. The number of rotatable bonds is 3. The van der Waals surface area contributed by atoms with Crippen molar-refractivity contribution < 1.29 is 4.79 Å². The number of carbonyl (C=O) groups is 1. The fourth-order valence-corrected chi connectivity index (χ4v) is 2.23. The SMILES string of the molecule is CN(Cc1ccccc1Cl)C(=O)c1ccc(Br)cc1. The molecule has 1 amide bonds. The molecule has 0 bridgehead atoms. The van der Waals surface area contributed by atoms with Gasteiger partial charge < -0.3 is 4.90 Å². The molecule has 0 radical (unpaired) electrons. The number of benzene rings is 2. The number of hydrogen-bond acceptors (Lipinski definition) is 1. The lowest BCUT2D eigenvalue weighted by molar-refractivity contribution is 0.0785. The summed E-state index contributed by atoms with van der Waals surface area (Å²) in [6.07, 6.45) is 0. The summed E-state index contributed by atoms with van der Waals surface area (Å²) in [5.41, 5.74) is 1.61. The van der Waals surface area contributed by atoms with Crippen molar-refractivity contribution >= 4 is 33.4 Å². The van der Waals surface area contributed by atoms with Gasteiger partial charge in [0.2, 0.25) is 0 Å². The van der Waals surface area contributed by atoms with Gasteiger partial charge in [-0.3, -0.25) is 4.79 Å². The molecule has 98 valence electrons. The van der Waals surface area contributed by atoms with Gasteiger partial charge in [-0.05, 0) is 35.9 Å². The van der Waals surface area contributed by atoms with Crippen LogP contribution in [0.5, 0.6) is 0 Å². The van der Waals surface area contributed by atoms with Gasteiger partial charge in [0.25, 0.3) is 5.91 Å². The first-order chi connectivity index (χ1) is 9.08. The van der Waals surface area contributed by atoms with E-state index >= 15 is 0 Å². The molecule has 0 N–H and O–H groups in total. The molecule has 0 saturated carbocycles. The molecule has 0 aliphatic heterocycles. The second-order valence-electron chi connectivity index (χ2n) is 4.26. The first kappa shape index (κ1) is 14.1. The first-order valence-corrected chi connectivity index (χ1v) is 6.99. The van der Waals surface area contributed by atoms with Gasteiger partial charge in [-0.2, -0.15) is 0 Å². The lowest BCUT2D eigenvalue weighted by Gasteiger charge is -2.18. The Bertz CT molecular complexity index is 583. The average Bonchev–Trinajstić information content (AvgIpc) is 2.41. The molecular formula is C15H13BrClNO. The highest BCUT2D eigenvalue weighted by Gasteiger charge is 2.12. The van der Waals surface area contributed by atoms with Gasteiger partial charge in [0.05, 0.1) is 0 Å². The maximum Gasteiger partial charge on any atom is 0.253 e. The van der Waals surface area contributed by atoms with Crippen LogP contribution >= 0.6 is 27.5 Å². The van der Waals surface area contributed by atoms with Gasteiger partial charge in [0.1, 0.15) is 0 Å². The Labute approximate surface area is 126 Å². The van der Waals surface area contributed by atoms with Crippen LogP contribution in [0.3, 0.4) is 0 Å². The molecule has 0 unspecified atom stereocenters. The van der Waals surface area contributed by atoms with Gasteiger partial charge in [-0.1, -0.05) is 45.7 Å². The third-order valence-corrected chi connectivity index (χ3v) is 3.70. The lowest BCUT2D eigenvalue weighted by Crippen LogP contribution is -2.26. The van der Waals surface area contributed by atoms with Crippen LogP contribution in [-0.2, 0) is 6.54 Å². The first-order valence-electron chi connectivity index (χ1n) is 5.82. The predicted octanol–water partition coefficient (Wildman–Crippen LogP) is 4.37. The van der Waals surface area contributed by atoms with Crippen molar-refractivity contribution in [3.05, 3.63) is 69.2 Å². The molecule has 2 rings (SSSR count). The molecule has 0 saturated heterocycles. The molecule has 0 spiro atoms. The fourth-order valence-electron chi connectivity index (χ4n) is 1.77. The van der Waals surface area contributed by atoms with Gasteiger partial charge in [-0.25, -0.2) is 0 Å². The molecule has 19 heavy (non-hydrogen) atoms. The van der Waals surface area contributed by atoms with Crippen molar-refractivity contribution in [2.24, 2.45) is 0 Å². The lowest BCUT2D eigenvalue weighted by atomic mass is 10.1. The molecule has 4 heteroatoms. The van der Waals surface area contributed by atoms with Crippen molar-refractivity contribution in [2.45, 2.75) is 6.54 Å². The zero-order chi connectivity index (χ0) is 13.8. The zero-order valence-electron chi connectivity index (χ0n) is 10.4. The van der Waals surface area contributed by atoms with Crippen LogP contribution in [-0.4, -0.2) is 17.9 Å². The van der Waals surface area contributed by atoms with Crippen LogP contribution in [0, 0.1) is 0 Å². The van der Waals surface area contributed by atoms with E-state index in [1.807, 2.05) is 36.4 Å². The van der Waals surface area contributed by atoms with Crippen molar-refractivity contribution in [2.75, 3.05) is 7.05 Å². The van der Waals surface area contributed by atoms with Gasteiger partial charge >= 0.3 is 0 Å². The number of halogens is 2. The highest BCUT2D eigenvalue weighted by atomic mass is 79.9. The molecule has 0 aliphatic rings. The van der Waals surface area contributed by atoms with Crippen molar-refractivity contribution in [1.29, 1.82) is 0 Å². The highest BCUT2D eigenvalue weighted by Crippen LogP contribution is 2.18. The molecule has 0 aromatic heterocycles. The predicted molar refractivity (Wildman–Crippen MR) is 81.4 cm³/mol. The van der Waals surface area contributed by atoms with Gasteiger partial charge in [0, 0.05) is 28.7 Å². The van der Waals surface area contributed by atoms with Crippen LogP contribution in [0.15, 0.2) is 53.0 Å². The average molecular weight is 339 g/mol. The quantitative estimate of drug-likeness (QED) is 0.813. The van der Waals surface area contributed by atoms with E-state index in [2.05, 4.69) is 15.9 Å². The summed E-state index contributed by atoms with van der Waals surface area (Å²) in [6.45, 7) is 0.495. The third kappa shape index (κ3) is 3.58. The third-order valence-electron chi connectivity index (χ3n) is 2.80. The summed E-state index contributed by atoms with van der Waals surface area (Å²) in [5, 5.41) is 0.679. The zero-order valence-corrected chi connectivity index (χ0v) is 12.8. The Kier molecular flexibility index (Phi) is 4.61. The molecule has 2 aromatic rings. The van der Waals surface area contributed by atoms with Gasteiger partial charge in [-0.15, -0.1) is 0 Å². The van der Waals surface area contributed by atoms with Crippen LogP contribution < -0.4 is 0 Å². The van der Waals surface area contributed by atoms with E-state index in [9.17, 15) is 4.79 Å². The number of carbonyl (C=O) groups excluding carboxylic acids is 1. The number of amides is 1. The minimum absolute atomic E-state index is 0.0209. The molecule has 0 heterocycles. The minimum Gasteiger partial charge on any atom is -0.337 e. The highest BCUT2D eigenvalue weighted by molar-refractivity contribution is 9.10. The Hall–Kier alpha value is -1.32. The van der Waals surface area contributed by atoms with Crippen molar-refractivity contribution in [3.63, 3.8) is 0 Å². The monoisotopic (exact) mass is 337 g/mol. The summed E-state index contributed by atoms with van der Waals surface area (Å²) in [6, 6.07) is 14.9. The largest absolute Gasteiger partial charge is 0.337 e. The molecule has 0 fully saturated rings. The second kappa shape index (κ2) is 6.22. The van der Waals surface area contributed by atoms with E-state index in [0.29, 0.717) is 17.1 Å². The van der Waals surface area contributed by atoms with E-state index < -0.39 is 0 Å². The summed E-state index contributed by atoms with van der Waals surface area (Å²) in [7, 11) is 1.77. The van der Waals surface area contributed by atoms with Crippen LogP contribution in [0.4, 0.5) is 0 Å². The summed E-state index contributed by atoms with van der Waals surface area (Å²) in [4.78, 5) is 13.9. The molecule has 2 aromatic carbocycles.